The van der Waals surface area contributed by atoms with Crippen LogP contribution in [0.2, 0.25) is 5.15 Å². The van der Waals surface area contributed by atoms with Crippen LogP contribution in [-0.4, -0.2) is 35.2 Å². The van der Waals surface area contributed by atoms with Crippen LogP contribution in [0.3, 0.4) is 0 Å². The Morgan fingerprint density at radius 3 is 2.75 bits per heavy atom. The molecular weight excluding hydrogens is 315 g/mol. The summed E-state index contributed by atoms with van der Waals surface area (Å²) in [5.41, 5.74) is -4.04. The molecule has 1 amide bonds. The molecule has 1 aromatic heterocycles. The van der Waals surface area contributed by atoms with E-state index in [1.165, 1.54) is 12.1 Å². The number of amides is 1. The smallest absolute Gasteiger partial charge is 0.370 e. The van der Waals surface area contributed by atoms with Gasteiger partial charge in [-0.25, -0.2) is 4.98 Å². The Balaban J connectivity index is 2.55. The number of aromatic nitrogens is 1. The molecule has 0 aliphatic heterocycles. The van der Waals surface area contributed by atoms with Crippen molar-refractivity contribution in [2.45, 2.75) is 12.4 Å². The minimum Gasteiger partial charge on any atom is -0.370 e. The van der Waals surface area contributed by atoms with Gasteiger partial charge >= 0.3 is 5.51 Å². The van der Waals surface area contributed by atoms with E-state index >= 15 is 0 Å². The van der Waals surface area contributed by atoms with Crippen LogP contribution in [-0.2, 0) is 0 Å². The van der Waals surface area contributed by atoms with E-state index in [0.29, 0.717) is 12.4 Å². The van der Waals surface area contributed by atoms with Crippen molar-refractivity contribution in [2.75, 3.05) is 24.2 Å². The number of rotatable bonds is 6. The lowest BCUT2D eigenvalue weighted by molar-refractivity contribution is -0.0327. The maximum Gasteiger partial charge on any atom is 0.441 e. The van der Waals surface area contributed by atoms with Gasteiger partial charge in [0.05, 0.1) is 0 Å². The average molecular weight is 328 g/mol. The summed E-state index contributed by atoms with van der Waals surface area (Å²) in [7, 11) is 0. The summed E-state index contributed by atoms with van der Waals surface area (Å²) in [4.78, 5) is 15.7. The SMILES string of the molecule is CCNc1cc(C(=O)NCCSC(F)(F)F)cc(Cl)n1. The Morgan fingerprint density at radius 2 is 2.15 bits per heavy atom. The van der Waals surface area contributed by atoms with Crippen molar-refractivity contribution in [1.29, 1.82) is 0 Å². The molecule has 0 aliphatic rings. The topological polar surface area (TPSA) is 54.0 Å². The fraction of sp³-hybridized carbons (Fsp3) is 0.455. The molecule has 1 aromatic rings. The van der Waals surface area contributed by atoms with Crippen molar-refractivity contribution in [3.63, 3.8) is 0 Å². The van der Waals surface area contributed by atoms with Crippen molar-refractivity contribution >= 4 is 35.1 Å². The van der Waals surface area contributed by atoms with E-state index < -0.39 is 11.4 Å². The summed E-state index contributed by atoms with van der Waals surface area (Å²) in [6, 6.07) is 2.84. The van der Waals surface area contributed by atoms with Crippen LogP contribution in [0.5, 0.6) is 0 Å². The zero-order valence-electron chi connectivity index (χ0n) is 10.6. The summed E-state index contributed by atoms with van der Waals surface area (Å²) in [5, 5.41) is 5.43. The van der Waals surface area contributed by atoms with Crippen LogP contribution in [0.1, 0.15) is 17.3 Å². The molecule has 112 valence electrons. The van der Waals surface area contributed by atoms with Crippen molar-refractivity contribution in [3.05, 3.63) is 22.8 Å². The van der Waals surface area contributed by atoms with Gasteiger partial charge in [-0.2, -0.15) is 13.2 Å². The summed E-state index contributed by atoms with van der Waals surface area (Å²) in [6.07, 6.45) is 0. The summed E-state index contributed by atoms with van der Waals surface area (Å²) in [5.74, 6) is -0.292. The molecule has 9 heteroatoms. The van der Waals surface area contributed by atoms with E-state index in [-0.39, 0.29) is 34.8 Å². The third kappa shape index (κ3) is 6.33. The average Bonchev–Trinajstić information content (AvgIpc) is 2.33. The highest BCUT2D eigenvalue weighted by Crippen LogP contribution is 2.29. The van der Waals surface area contributed by atoms with Gasteiger partial charge in [-0.15, -0.1) is 0 Å². The molecule has 0 saturated heterocycles. The van der Waals surface area contributed by atoms with E-state index in [9.17, 15) is 18.0 Å². The van der Waals surface area contributed by atoms with Crippen LogP contribution in [0.15, 0.2) is 12.1 Å². The van der Waals surface area contributed by atoms with E-state index in [1.807, 2.05) is 6.92 Å². The predicted molar refractivity (Wildman–Crippen MR) is 74.3 cm³/mol. The molecule has 0 bridgehead atoms. The third-order valence-electron chi connectivity index (χ3n) is 2.07. The predicted octanol–water partition coefficient (Wildman–Crippen LogP) is 3.15. The highest BCUT2D eigenvalue weighted by atomic mass is 35.5. The van der Waals surface area contributed by atoms with Crippen LogP contribution >= 0.6 is 23.4 Å². The number of hydrogen-bond donors (Lipinski definition) is 2. The fourth-order valence-corrected chi connectivity index (χ4v) is 1.98. The van der Waals surface area contributed by atoms with E-state index in [4.69, 9.17) is 11.6 Å². The Labute approximate surface area is 123 Å². The first-order valence-corrected chi connectivity index (χ1v) is 7.08. The lowest BCUT2D eigenvalue weighted by Crippen LogP contribution is -2.26. The van der Waals surface area contributed by atoms with Gasteiger partial charge in [0.15, 0.2) is 0 Å². The van der Waals surface area contributed by atoms with Crippen LogP contribution < -0.4 is 10.6 Å². The van der Waals surface area contributed by atoms with Crippen molar-refractivity contribution in [3.8, 4) is 0 Å². The van der Waals surface area contributed by atoms with Crippen LogP contribution in [0, 0.1) is 0 Å². The van der Waals surface area contributed by atoms with Gasteiger partial charge in [-0.1, -0.05) is 11.6 Å². The molecule has 0 aromatic carbocycles. The molecule has 0 saturated carbocycles. The fourth-order valence-electron chi connectivity index (χ4n) is 1.33. The number of carbonyl (C=O) groups excluding carboxylic acids is 1. The molecule has 1 rings (SSSR count). The maximum absolute atomic E-state index is 11.9. The number of carbonyl (C=O) groups is 1. The normalized spacial score (nSPS) is 11.2. The standard InChI is InChI=1S/C11H13ClF3N3OS/c1-2-16-9-6-7(5-8(12)18-9)10(19)17-3-4-20-11(13,14)15/h5-6H,2-4H2,1H3,(H,16,18)(H,17,19). The van der Waals surface area contributed by atoms with Crippen molar-refractivity contribution in [2.24, 2.45) is 0 Å². The first kappa shape index (κ1) is 16.9. The lowest BCUT2D eigenvalue weighted by atomic mass is 10.2. The second-order valence-electron chi connectivity index (χ2n) is 3.64. The molecule has 2 N–H and O–H groups in total. The maximum atomic E-state index is 11.9. The van der Waals surface area contributed by atoms with Gasteiger partial charge in [0, 0.05) is 24.4 Å². The summed E-state index contributed by atoms with van der Waals surface area (Å²) < 4.78 is 35.7. The van der Waals surface area contributed by atoms with E-state index in [0.717, 1.165) is 0 Å². The zero-order chi connectivity index (χ0) is 15.2. The third-order valence-corrected chi connectivity index (χ3v) is 3.00. The van der Waals surface area contributed by atoms with Crippen molar-refractivity contribution in [1.82, 2.24) is 10.3 Å². The van der Waals surface area contributed by atoms with Gasteiger partial charge in [0.2, 0.25) is 0 Å². The zero-order valence-corrected chi connectivity index (χ0v) is 12.1. The van der Waals surface area contributed by atoms with E-state index in [1.54, 1.807) is 0 Å². The number of pyridine rings is 1. The minimum atomic E-state index is -4.29. The molecule has 20 heavy (non-hydrogen) atoms. The Kier molecular flexibility index (Phi) is 6.41. The molecule has 1 heterocycles. The first-order chi connectivity index (χ1) is 9.31. The summed E-state index contributed by atoms with van der Waals surface area (Å²) >= 11 is 5.59. The van der Waals surface area contributed by atoms with Gasteiger partial charge in [-0.3, -0.25) is 4.79 Å². The highest BCUT2D eigenvalue weighted by molar-refractivity contribution is 8.00. The lowest BCUT2D eigenvalue weighted by Gasteiger charge is -2.09. The quantitative estimate of drug-likeness (QED) is 0.622. The number of anilines is 1. The molecule has 0 spiro atoms. The van der Waals surface area contributed by atoms with Gasteiger partial charge in [-0.05, 0) is 30.8 Å². The first-order valence-electron chi connectivity index (χ1n) is 5.72. The number of hydrogen-bond acceptors (Lipinski definition) is 4. The molecule has 0 unspecified atom stereocenters. The van der Waals surface area contributed by atoms with Crippen molar-refractivity contribution < 1.29 is 18.0 Å². The molecule has 0 aliphatic carbocycles. The highest BCUT2D eigenvalue weighted by Gasteiger charge is 2.27. The van der Waals surface area contributed by atoms with Crippen LogP contribution in [0.4, 0.5) is 19.0 Å². The number of halogens is 4. The molecule has 0 radical (unpaired) electrons. The van der Waals surface area contributed by atoms with E-state index in [2.05, 4.69) is 15.6 Å². The Bertz CT molecular complexity index is 471. The number of nitrogens with one attached hydrogen (secondary N) is 2. The number of alkyl halides is 3. The largest absolute Gasteiger partial charge is 0.441 e. The monoisotopic (exact) mass is 327 g/mol. The summed E-state index contributed by atoms with van der Waals surface area (Å²) in [6.45, 7) is 2.38. The van der Waals surface area contributed by atoms with Gasteiger partial charge in [0.25, 0.3) is 5.91 Å². The van der Waals surface area contributed by atoms with Gasteiger partial charge < -0.3 is 10.6 Å². The second-order valence-corrected chi connectivity index (χ2v) is 5.19. The molecule has 4 nitrogen and oxygen atoms in total. The van der Waals surface area contributed by atoms with Crippen LogP contribution in [0.25, 0.3) is 0 Å². The number of thioether (sulfide) groups is 1. The second kappa shape index (κ2) is 7.58. The Hall–Kier alpha value is -1.15. The number of nitrogens with zero attached hydrogens (tertiary/aromatic N) is 1. The Morgan fingerprint density at radius 1 is 1.45 bits per heavy atom. The minimum absolute atomic E-state index is 0.0838. The molecular formula is C11H13ClF3N3OS. The molecule has 0 atom stereocenters. The molecule has 0 fully saturated rings. The van der Waals surface area contributed by atoms with Gasteiger partial charge in [0.1, 0.15) is 11.0 Å².